The van der Waals surface area contributed by atoms with Gasteiger partial charge in [-0.1, -0.05) is 19.1 Å². The van der Waals surface area contributed by atoms with Crippen LogP contribution in [0.25, 0.3) is 10.9 Å². The lowest BCUT2D eigenvalue weighted by molar-refractivity contribution is 0.943. The molecule has 14 heavy (non-hydrogen) atoms. The second kappa shape index (κ2) is 3.25. The number of H-pyrrole nitrogens is 1. The van der Waals surface area contributed by atoms with Crippen molar-refractivity contribution < 1.29 is 0 Å². The summed E-state index contributed by atoms with van der Waals surface area (Å²) in [5.41, 5.74) is 1.72. The predicted octanol–water partition coefficient (Wildman–Crippen LogP) is 1.79. The fourth-order valence-electron chi connectivity index (χ4n) is 1.58. The summed E-state index contributed by atoms with van der Waals surface area (Å²) in [4.78, 5) is 18.8. The minimum absolute atomic E-state index is 0.0371. The van der Waals surface area contributed by atoms with Gasteiger partial charge < -0.3 is 4.98 Å². The van der Waals surface area contributed by atoms with Crippen LogP contribution in [-0.2, 0) is 6.42 Å². The van der Waals surface area contributed by atoms with Gasteiger partial charge in [-0.05, 0) is 18.6 Å². The second-order valence-electron chi connectivity index (χ2n) is 3.34. The molecule has 1 aromatic carbocycles. The number of aromatic amines is 1. The number of nitrogens with one attached hydrogen (secondary N) is 1. The Morgan fingerprint density at radius 3 is 2.93 bits per heavy atom. The fourth-order valence-corrected chi connectivity index (χ4v) is 1.58. The summed E-state index contributed by atoms with van der Waals surface area (Å²) in [5.74, 6) is 0.744. The Morgan fingerprint density at radius 2 is 2.21 bits per heavy atom. The van der Waals surface area contributed by atoms with Crippen LogP contribution in [0.4, 0.5) is 0 Å². The van der Waals surface area contributed by atoms with E-state index < -0.39 is 0 Å². The largest absolute Gasteiger partial charge is 0.310 e. The lowest BCUT2D eigenvalue weighted by atomic mass is 10.1. The molecule has 0 aliphatic carbocycles. The number of aromatic nitrogens is 2. The van der Waals surface area contributed by atoms with Crippen LogP contribution in [0.1, 0.15) is 18.3 Å². The van der Waals surface area contributed by atoms with Crippen molar-refractivity contribution in [3.63, 3.8) is 0 Å². The van der Waals surface area contributed by atoms with Crippen molar-refractivity contribution in [1.82, 2.24) is 9.97 Å². The molecule has 2 rings (SSSR count). The van der Waals surface area contributed by atoms with Gasteiger partial charge in [0.1, 0.15) is 5.82 Å². The van der Waals surface area contributed by atoms with E-state index in [1.807, 2.05) is 32.0 Å². The van der Waals surface area contributed by atoms with Crippen molar-refractivity contribution >= 4 is 10.9 Å². The van der Waals surface area contributed by atoms with Gasteiger partial charge >= 0.3 is 0 Å². The third-order valence-electron chi connectivity index (χ3n) is 2.33. The molecule has 0 spiro atoms. The molecule has 0 unspecified atom stereocenters. The molecule has 1 N–H and O–H groups in total. The van der Waals surface area contributed by atoms with Gasteiger partial charge in [0.2, 0.25) is 0 Å². The average molecular weight is 188 g/mol. The highest BCUT2D eigenvalue weighted by molar-refractivity contribution is 5.80. The van der Waals surface area contributed by atoms with E-state index in [1.165, 1.54) is 0 Å². The maximum atomic E-state index is 11.7. The average Bonchev–Trinajstić information content (AvgIpc) is 2.17. The zero-order valence-electron chi connectivity index (χ0n) is 8.29. The number of rotatable bonds is 1. The van der Waals surface area contributed by atoms with Crippen molar-refractivity contribution in [2.75, 3.05) is 0 Å². The molecule has 3 nitrogen and oxygen atoms in total. The maximum absolute atomic E-state index is 11.7. The third kappa shape index (κ3) is 1.31. The van der Waals surface area contributed by atoms with E-state index in [-0.39, 0.29) is 5.56 Å². The number of aryl methyl sites for hydroxylation is 2. The first-order valence-electron chi connectivity index (χ1n) is 4.71. The van der Waals surface area contributed by atoms with Crippen molar-refractivity contribution in [3.05, 3.63) is 39.9 Å². The van der Waals surface area contributed by atoms with Crippen LogP contribution in [0, 0.1) is 6.92 Å². The molecule has 1 aromatic heterocycles. The molecular weight excluding hydrogens is 176 g/mol. The van der Waals surface area contributed by atoms with Crippen molar-refractivity contribution in [2.45, 2.75) is 20.3 Å². The summed E-state index contributed by atoms with van der Waals surface area (Å²) < 4.78 is 0. The molecule has 0 radical (unpaired) electrons. The SMILES string of the molecule is CCc1nc2cccc(C)c2c(=O)[nH]1. The maximum Gasteiger partial charge on any atom is 0.259 e. The molecule has 0 saturated heterocycles. The van der Waals surface area contributed by atoms with Gasteiger partial charge in [0.05, 0.1) is 10.9 Å². The Hall–Kier alpha value is -1.64. The van der Waals surface area contributed by atoms with Crippen LogP contribution >= 0.6 is 0 Å². The number of nitrogens with zero attached hydrogens (tertiary/aromatic N) is 1. The van der Waals surface area contributed by atoms with Crippen LogP contribution < -0.4 is 5.56 Å². The Labute approximate surface area is 81.8 Å². The molecule has 0 atom stereocenters. The van der Waals surface area contributed by atoms with Gasteiger partial charge in [0.25, 0.3) is 5.56 Å². The zero-order valence-corrected chi connectivity index (χ0v) is 8.29. The monoisotopic (exact) mass is 188 g/mol. The van der Waals surface area contributed by atoms with Gasteiger partial charge in [-0.25, -0.2) is 4.98 Å². The minimum Gasteiger partial charge on any atom is -0.310 e. The van der Waals surface area contributed by atoms with E-state index in [2.05, 4.69) is 9.97 Å². The molecule has 0 bridgehead atoms. The molecule has 72 valence electrons. The Balaban J connectivity index is 2.90. The van der Waals surface area contributed by atoms with Crippen molar-refractivity contribution in [2.24, 2.45) is 0 Å². The molecule has 0 amide bonds. The second-order valence-corrected chi connectivity index (χ2v) is 3.34. The van der Waals surface area contributed by atoms with Gasteiger partial charge in [-0.2, -0.15) is 0 Å². The summed E-state index contributed by atoms with van der Waals surface area (Å²) in [6, 6.07) is 5.71. The van der Waals surface area contributed by atoms with E-state index in [0.29, 0.717) is 5.39 Å². The Bertz CT molecular complexity index is 528. The van der Waals surface area contributed by atoms with Crippen molar-refractivity contribution in [1.29, 1.82) is 0 Å². The summed E-state index contributed by atoms with van der Waals surface area (Å²) in [6.45, 7) is 3.89. The highest BCUT2D eigenvalue weighted by atomic mass is 16.1. The minimum atomic E-state index is -0.0371. The number of benzene rings is 1. The normalized spacial score (nSPS) is 10.7. The summed E-state index contributed by atoms with van der Waals surface area (Å²) in [6.07, 6.45) is 0.749. The van der Waals surface area contributed by atoms with E-state index >= 15 is 0 Å². The van der Waals surface area contributed by atoms with Crippen LogP contribution in [-0.4, -0.2) is 9.97 Å². The van der Waals surface area contributed by atoms with Crippen LogP contribution in [0.15, 0.2) is 23.0 Å². The Morgan fingerprint density at radius 1 is 1.43 bits per heavy atom. The molecule has 1 heterocycles. The number of hydrogen-bond donors (Lipinski definition) is 1. The summed E-state index contributed by atoms with van der Waals surface area (Å²) >= 11 is 0. The fraction of sp³-hybridized carbons (Fsp3) is 0.273. The predicted molar refractivity (Wildman–Crippen MR) is 56.5 cm³/mol. The van der Waals surface area contributed by atoms with Crippen molar-refractivity contribution in [3.8, 4) is 0 Å². The van der Waals surface area contributed by atoms with Gasteiger partial charge in [-0.15, -0.1) is 0 Å². The number of fused-ring (bicyclic) bond motifs is 1. The van der Waals surface area contributed by atoms with E-state index in [9.17, 15) is 4.79 Å². The van der Waals surface area contributed by atoms with Crippen LogP contribution in [0.3, 0.4) is 0 Å². The highest BCUT2D eigenvalue weighted by Crippen LogP contribution is 2.11. The first-order valence-corrected chi connectivity index (χ1v) is 4.71. The van der Waals surface area contributed by atoms with Crippen LogP contribution in [0.2, 0.25) is 0 Å². The smallest absolute Gasteiger partial charge is 0.259 e. The van der Waals surface area contributed by atoms with Crippen LogP contribution in [0.5, 0.6) is 0 Å². The topological polar surface area (TPSA) is 45.8 Å². The van der Waals surface area contributed by atoms with Gasteiger partial charge in [-0.3, -0.25) is 4.79 Å². The highest BCUT2D eigenvalue weighted by Gasteiger charge is 2.03. The molecule has 0 saturated carbocycles. The molecule has 2 aromatic rings. The lowest BCUT2D eigenvalue weighted by Gasteiger charge is -2.02. The first kappa shape index (κ1) is 8.94. The summed E-state index contributed by atoms with van der Waals surface area (Å²) in [7, 11) is 0. The molecule has 0 aliphatic heterocycles. The Kier molecular flexibility index (Phi) is 2.08. The quantitative estimate of drug-likeness (QED) is 0.741. The summed E-state index contributed by atoms with van der Waals surface area (Å²) in [5, 5.41) is 0.699. The van der Waals surface area contributed by atoms with E-state index in [1.54, 1.807) is 0 Å². The zero-order chi connectivity index (χ0) is 10.1. The van der Waals surface area contributed by atoms with E-state index in [0.717, 1.165) is 23.3 Å². The van der Waals surface area contributed by atoms with Gasteiger partial charge in [0.15, 0.2) is 0 Å². The molecule has 0 fully saturated rings. The first-order chi connectivity index (χ1) is 6.72. The lowest BCUT2D eigenvalue weighted by Crippen LogP contribution is -2.12. The standard InChI is InChI=1S/C11H12N2O/c1-3-9-12-8-6-4-5-7(2)10(8)11(14)13-9/h4-6H,3H2,1-2H3,(H,12,13,14). The molecule has 0 aliphatic rings. The number of hydrogen-bond acceptors (Lipinski definition) is 2. The third-order valence-corrected chi connectivity index (χ3v) is 2.33. The molecule has 3 heteroatoms. The van der Waals surface area contributed by atoms with E-state index in [4.69, 9.17) is 0 Å². The van der Waals surface area contributed by atoms with Gasteiger partial charge in [0, 0.05) is 6.42 Å². The molecular formula is C11H12N2O.